The molecule has 6 nitrogen and oxygen atoms in total. The molecular weight excluding hydrogens is 558 g/mol. The number of hydrogen-bond donors (Lipinski definition) is 1. The Hall–Kier alpha value is -5.36. The second-order valence-corrected chi connectivity index (χ2v) is 11.1. The van der Waals surface area contributed by atoms with Crippen molar-refractivity contribution in [2.24, 2.45) is 0 Å². The molecule has 0 aliphatic carbocycles. The molecule has 0 bridgehead atoms. The summed E-state index contributed by atoms with van der Waals surface area (Å²) in [6.45, 7) is 1.71. The Morgan fingerprint density at radius 2 is 1.62 bits per heavy atom. The molecule has 226 valence electrons. The molecule has 0 radical (unpaired) electrons. The zero-order valence-corrected chi connectivity index (χ0v) is 25.4. The van der Waals surface area contributed by atoms with Gasteiger partial charge in [-0.1, -0.05) is 78.9 Å². The number of para-hydroxylation sites is 1. The van der Waals surface area contributed by atoms with Crippen molar-refractivity contribution in [2.75, 3.05) is 13.7 Å². The van der Waals surface area contributed by atoms with Crippen molar-refractivity contribution in [3.05, 3.63) is 162 Å². The number of nitrogens with one attached hydrogen (secondary N) is 1. The molecule has 0 fully saturated rings. The summed E-state index contributed by atoms with van der Waals surface area (Å²) in [6.07, 6.45) is 4.97. The number of methoxy groups -OCH3 is 1. The zero-order chi connectivity index (χ0) is 30.8. The summed E-state index contributed by atoms with van der Waals surface area (Å²) >= 11 is 0. The van der Waals surface area contributed by atoms with Crippen LogP contribution in [0.2, 0.25) is 0 Å². The molecule has 0 aliphatic rings. The van der Waals surface area contributed by atoms with E-state index in [2.05, 4.69) is 81.7 Å². The minimum absolute atomic E-state index is 0.00137. The predicted octanol–water partition coefficient (Wildman–Crippen LogP) is 7.55. The summed E-state index contributed by atoms with van der Waals surface area (Å²) in [5.41, 5.74) is 6.50. The lowest BCUT2D eigenvalue weighted by Gasteiger charge is -2.18. The normalized spacial score (nSPS) is 11.7. The van der Waals surface area contributed by atoms with Gasteiger partial charge in [-0.25, -0.2) is 0 Å². The van der Waals surface area contributed by atoms with Crippen LogP contribution >= 0.6 is 0 Å². The lowest BCUT2D eigenvalue weighted by atomic mass is 9.88. The number of hydrogen-bond acceptors (Lipinski definition) is 4. The van der Waals surface area contributed by atoms with Gasteiger partial charge in [0.05, 0.1) is 7.11 Å². The van der Waals surface area contributed by atoms with Gasteiger partial charge in [0, 0.05) is 60.8 Å². The van der Waals surface area contributed by atoms with Crippen LogP contribution in [0, 0.1) is 0 Å². The lowest BCUT2D eigenvalue weighted by molar-refractivity contribution is -0.121. The predicted molar refractivity (Wildman–Crippen MR) is 179 cm³/mol. The smallest absolute Gasteiger partial charge is 0.220 e. The summed E-state index contributed by atoms with van der Waals surface area (Å²) in [5, 5.41) is 4.27. The van der Waals surface area contributed by atoms with Crippen LogP contribution in [-0.4, -0.2) is 29.1 Å². The molecule has 1 amide bonds. The van der Waals surface area contributed by atoms with E-state index in [0.717, 1.165) is 44.8 Å². The number of benzene rings is 4. The molecule has 2 aromatic heterocycles. The van der Waals surface area contributed by atoms with Gasteiger partial charge in [-0.2, -0.15) is 0 Å². The number of fused-ring (bicyclic) bond motifs is 1. The van der Waals surface area contributed by atoms with Crippen LogP contribution in [0.5, 0.6) is 11.5 Å². The maximum atomic E-state index is 13.5. The fraction of sp³-hybridized carbons (Fsp3) is 0.179. The molecule has 0 spiro atoms. The van der Waals surface area contributed by atoms with E-state index in [1.54, 1.807) is 13.3 Å². The highest BCUT2D eigenvalue weighted by Gasteiger charge is 2.23. The molecule has 0 aliphatic heterocycles. The molecule has 1 unspecified atom stereocenters. The number of amides is 1. The van der Waals surface area contributed by atoms with Gasteiger partial charge in [0.15, 0.2) is 0 Å². The van der Waals surface area contributed by atoms with E-state index in [9.17, 15) is 4.79 Å². The second-order valence-electron chi connectivity index (χ2n) is 11.1. The number of nitrogens with zero attached hydrogens (tertiary/aromatic N) is 2. The average molecular weight is 596 g/mol. The summed E-state index contributed by atoms with van der Waals surface area (Å²) in [5.74, 6) is 1.43. The van der Waals surface area contributed by atoms with Gasteiger partial charge >= 0.3 is 0 Å². The van der Waals surface area contributed by atoms with Crippen molar-refractivity contribution >= 4 is 16.8 Å². The van der Waals surface area contributed by atoms with E-state index in [4.69, 9.17) is 9.47 Å². The van der Waals surface area contributed by atoms with Gasteiger partial charge in [-0.3, -0.25) is 9.78 Å². The molecular formula is C39H37N3O3. The highest BCUT2D eigenvalue weighted by molar-refractivity contribution is 5.87. The van der Waals surface area contributed by atoms with Crippen molar-refractivity contribution in [2.45, 2.75) is 31.9 Å². The molecule has 0 saturated heterocycles. The van der Waals surface area contributed by atoms with Crippen LogP contribution in [-0.2, 0) is 24.4 Å². The summed E-state index contributed by atoms with van der Waals surface area (Å²) in [6, 6.07) is 40.7. The van der Waals surface area contributed by atoms with E-state index in [0.29, 0.717) is 32.5 Å². The van der Waals surface area contributed by atoms with Crippen LogP contribution in [0.3, 0.4) is 0 Å². The Balaban J connectivity index is 1.30. The highest BCUT2D eigenvalue weighted by Crippen LogP contribution is 2.36. The third-order valence-corrected chi connectivity index (χ3v) is 8.03. The number of carbonyl (C=O) groups excluding carboxylic acids is 1. The van der Waals surface area contributed by atoms with Crippen molar-refractivity contribution in [1.82, 2.24) is 14.9 Å². The van der Waals surface area contributed by atoms with Crippen molar-refractivity contribution in [1.29, 1.82) is 0 Å². The first-order valence-electron chi connectivity index (χ1n) is 15.3. The molecule has 6 aromatic rings. The number of carbonyl (C=O) groups is 1. The van der Waals surface area contributed by atoms with Gasteiger partial charge < -0.3 is 19.4 Å². The maximum Gasteiger partial charge on any atom is 0.220 e. The van der Waals surface area contributed by atoms with E-state index >= 15 is 0 Å². The summed E-state index contributed by atoms with van der Waals surface area (Å²) < 4.78 is 13.8. The van der Waals surface area contributed by atoms with Crippen molar-refractivity contribution in [3.63, 3.8) is 0 Å². The fourth-order valence-corrected chi connectivity index (χ4v) is 5.71. The Labute approximate surface area is 264 Å². The van der Waals surface area contributed by atoms with E-state index < -0.39 is 0 Å². The van der Waals surface area contributed by atoms with Crippen molar-refractivity contribution < 1.29 is 14.3 Å². The number of rotatable bonds is 13. The molecule has 6 rings (SSSR count). The Morgan fingerprint density at radius 3 is 2.42 bits per heavy atom. The lowest BCUT2D eigenvalue weighted by Crippen LogP contribution is -2.27. The van der Waals surface area contributed by atoms with E-state index in [1.165, 1.54) is 5.56 Å². The first kappa shape index (κ1) is 29.7. The van der Waals surface area contributed by atoms with Crippen LogP contribution in [0.15, 0.2) is 134 Å². The Morgan fingerprint density at radius 1 is 0.822 bits per heavy atom. The largest absolute Gasteiger partial charge is 0.497 e. The third kappa shape index (κ3) is 7.60. The first-order chi connectivity index (χ1) is 22.2. The number of pyridine rings is 1. The van der Waals surface area contributed by atoms with Crippen molar-refractivity contribution in [3.8, 4) is 11.5 Å². The maximum absolute atomic E-state index is 13.5. The monoisotopic (exact) mass is 595 g/mol. The topological polar surface area (TPSA) is 65.4 Å². The molecule has 1 atom stereocenters. The minimum atomic E-state index is -0.179. The van der Waals surface area contributed by atoms with Gasteiger partial charge in [0.25, 0.3) is 0 Å². The minimum Gasteiger partial charge on any atom is -0.497 e. The molecule has 2 heterocycles. The van der Waals surface area contributed by atoms with Crippen LogP contribution in [0.25, 0.3) is 10.9 Å². The average Bonchev–Trinajstić information content (AvgIpc) is 3.45. The van der Waals surface area contributed by atoms with Crippen LogP contribution in [0.4, 0.5) is 0 Å². The van der Waals surface area contributed by atoms with Gasteiger partial charge in [-0.05, 0) is 64.7 Å². The highest BCUT2D eigenvalue weighted by atomic mass is 16.5. The Kier molecular flexibility index (Phi) is 9.51. The fourth-order valence-electron chi connectivity index (χ4n) is 5.71. The first-order valence-corrected chi connectivity index (χ1v) is 15.3. The molecule has 1 N–H and O–H groups in total. The molecule has 6 heteroatoms. The van der Waals surface area contributed by atoms with E-state index in [1.807, 2.05) is 60.7 Å². The standard InChI is InChI=1S/C39H37N3O3/c1-44-33-19-17-29(18-20-33)26-42-27-37(35-15-5-6-16-38(35)42)36(25-39(43)41-23-21-32-13-7-8-22-40-32)31-12-9-14-34(24-31)45-28-30-10-3-2-4-11-30/h2-20,22,24,27,36H,21,23,25-26,28H2,1H3,(H,41,43). The summed E-state index contributed by atoms with van der Waals surface area (Å²) in [4.78, 5) is 17.9. The SMILES string of the molecule is COc1ccc(Cn2cc(C(CC(=O)NCCc3ccccn3)c3cccc(OCc4ccccc4)c3)c3ccccc32)cc1. The summed E-state index contributed by atoms with van der Waals surface area (Å²) in [7, 11) is 1.68. The molecule has 45 heavy (non-hydrogen) atoms. The molecule has 0 saturated carbocycles. The molecule has 4 aromatic carbocycles. The van der Waals surface area contributed by atoms with Gasteiger partial charge in [-0.15, -0.1) is 0 Å². The number of aromatic nitrogens is 2. The Bertz CT molecular complexity index is 1830. The van der Waals surface area contributed by atoms with E-state index in [-0.39, 0.29) is 11.8 Å². The third-order valence-electron chi connectivity index (χ3n) is 8.03. The van der Waals surface area contributed by atoms with Gasteiger partial charge in [0.2, 0.25) is 5.91 Å². The number of ether oxygens (including phenoxy) is 2. The quantitative estimate of drug-likeness (QED) is 0.150. The van der Waals surface area contributed by atoms with Crippen LogP contribution in [0.1, 0.15) is 40.3 Å². The van der Waals surface area contributed by atoms with Crippen LogP contribution < -0.4 is 14.8 Å². The zero-order valence-electron chi connectivity index (χ0n) is 25.4. The second kappa shape index (κ2) is 14.4. The van der Waals surface area contributed by atoms with Gasteiger partial charge in [0.1, 0.15) is 18.1 Å².